The summed E-state index contributed by atoms with van der Waals surface area (Å²) in [5.74, 6) is -0.279. The molecular weight excluding hydrogens is 257 g/mol. The molecule has 0 aromatic heterocycles. The number of hydrogen-bond acceptors (Lipinski definition) is 4. The Hall–Kier alpha value is -0.845. The lowest BCUT2D eigenvalue weighted by molar-refractivity contribution is -0.136. The topological polar surface area (TPSA) is 59.0 Å². The van der Waals surface area contributed by atoms with Crippen molar-refractivity contribution >= 4 is 13.0 Å². The van der Waals surface area contributed by atoms with E-state index in [2.05, 4.69) is 0 Å². The second-order valence-electron chi connectivity index (χ2n) is 6.60. The number of hydrogen-bond donors (Lipinski definition) is 1. The molecule has 5 nitrogen and oxygen atoms in total. The van der Waals surface area contributed by atoms with Crippen LogP contribution in [0, 0.1) is 0 Å². The predicted molar refractivity (Wildman–Crippen MR) is 76.8 cm³/mol. The van der Waals surface area contributed by atoms with E-state index in [-0.39, 0.29) is 17.1 Å². The van der Waals surface area contributed by atoms with E-state index in [0.717, 1.165) is 18.3 Å². The lowest BCUT2D eigenvalue weighted by Crippen LogP contribution is -2.41. The number of carbonyl (C=O) groups is 1. The van der Waals surface area contributed by atoms with Crippen LogP contribution < -0.4 is 0 Å². The zero-order valence-corrected chi connectivity index (χ0v) is 13.0. The van der Waals surface area contributed by atoms with Gasteiger partial charge in [0.1, 0.15) is 6.10 Å². The quantitative estimate of drug-likeness (QED) is 0.779. The van der Waals surface area contributed by atoms with E-state index in [1.807, 2.05) is 27.7 Å². The third-order valence-electron chi connectivity index (χ3n) is 4.38. The van der Waals surface area contributed by atoms with E-state index in [4.69, 9.17) is 9.31 Å². The zero-order chi connectivity index (χ0) is 15.1. The van der Waals surface area contributed by atoms with Crippen molar-refractivity contribution in [1.29, 1.82) is 0 Å². The van der Waals surface area contributed by atoms with E-state index in [0.29, 0.717) is 6.54 Å². The summed E-state index contributed by atoms with van der Waals surface area (Å²) in [6.07, 6.45) is 2.50. The first-order valence-corrected chi connectivity index (χ1v) is 7.19. The molecule has 1 fully saturated rings. The first-order valence-electron chi connectivity index (χ1n) is 7.19. The van der Waals surface area contributed by atoms with Crippen molar-refractivity contribution in [2.75, 3.05) is 6.54 Å². The van der Waals surface area contributed by atoms with E-state index < -0.39 is 13.2 Å². The zero-order valence-electron chi connectivity index (χ0n) is 13.0. The highest BCUT2D eigenvalue weighted by Gasteiger charge is 2.52. The van der Waals surface area contributed by atoms with Crippen LogP contribution in [0.1, 0.15) is 47.5 Å². The predicted octanol–water partition coefficient (Wildman–Crippen LogP) is 1.50. The maximum absolute atomic E-state index is 11.9. The van der Waals surface area contributed by atoms with Gasteiger partial charge in [-0.3, -0.25) is 4.79 Å². The molecule has 0 aliphatic carbocycles. The molecule has 112 valence electrons. The van der Waals surface area contributed by atoms with E-state index in [9.17, 15) is 9.90 Å². The molecule has 0 aromatic rings. The van der Waals surface area contributed by atoms with Crippen LogP contribution in [-0.4, -0.2) is 46.9 Å². The number of amides is 1. The molecule has 1 N–H and O–H groups in total. The van der Waals surface area contributed by atoms with Gasteiger partial charge >= 0.3 is 7.12 Å². The van der Waals surface area contributed by atoms with Gasteiger partial charge in [0.2, 0.25) is 0 Å². The Kier molecular flexibility index (Phi) is 4.02. The molecule has 0 radical (unpaired) electrons. The minimum atomic E-state index is -0.983. The highest BCUT2D eigenvalue weighted by molar-refractivity contribution is 6.54. The smallest absolute Gasteiger partial charge is 0.400 e. The van der Waals surface area contributed by atoms with Gasteiger partial charge in [-0.05, 0) is 52.9 Å². The normalized spacial score (nSPS) is 26.4. The molecule has 1 atom stereocenters. The minimum absolute atomic E-state index is 0.279. The van der Waals surface area contributed by atoms with Gasteiger partial charge in [0, 0.05) is 12.7 Å². The minimum Gasteiger partial charge on any atom is -0.400 e. The summed E-state index contributed by atoms with van der Waals surface area (Å²) in [4.78, 5) is 13.4. The summed E-state index contributed by atoms with van der Waals surface area (Å²) in [6, 6.07) is 0. The van der Waals surface area contributed by atoms with Crippen molar-refractivity contribution in [2.24, 2.45) is 0 Å². The number of rotatable bonds is 2. The molecule has 6 heteroatoms. The Morgan fingerprint density at radius 3 is 2.40 bits per heavy atom. The van der Waals surface area contributed by atoms with Crippen LogP contribution in [0.15, 0.2) is 11.7 Å². The van der Waals surface area contributed by atoms with Crippen LogP contribution in [0.3, 0.4) is 0 Å². The average Bonchev–Trinajstić information content (AvgIpc) is 2.57. The van der Waals surface area contributed by atoms with Gasteiger partial charge in [0.15, 0.2) is 0 Å². The van der Waals surface area contributed by atoms with Crippen LogP contribution in [-0.2, 0) is 14.1 Å². The van der Waals surface area contributed by atoms with Crippen LogP contribution in [0.4, 0.5) is 0 Å². The fourth-order valence-electron chi connectivity index (χ4n) is 2.37. The Labute approximate surface area is 121 Å². The monoisotopic (exact) mass is 281 g/mol. The van der Waals surface area contributed by atoms with Crippen molar-refractivity contribution in [3.63, 3.8) is 0 Å². The Balaban J connectivity index is 2.16. The highest BCUT2D eigenvalue weighted by atomic mass is 16.7. The largest absolute Gasteiger partial charge is 0.492 e. The lowest BCUT2D eigenvalue weighted by Gasteiger charge is -2.32. The second kappa shape index (κ2) is 5.17. The number of aliphatic hydroxyl groups excluding tert-OH is 1. The Morgan fingerprint density at radius 2 is 1.90 bits per heavy atom. The van der Waals surface area contributed by atoms with Crippen molar-refractivity contribution < 1.29 is 19.2 Å². The number of carbonyl (C=O) groups excluding carboxylic acids is 1. The number of nitrogens with zero attached hydrogens (tertiary/aromatic N) is 1. The van der Waals surface area contributed by atoms with E-state index in [1.165, 1.54) is 6.92 Å². The number of aliphatic hydroxyl groups is 1. The molecule has 2 aliphatic rings. The molecule has 2 heterocycles. The van der Waals surface area contributed by atoms with E-state index in [1.54, 1.807) is 11.1 Å². The molecule has 0 saturated carbocycles. The van der Waals surface area contributed by atoms with Gasteiger partial charge in [-0.15, -0.1) is 0 Å². The standard InChI is InChI=1S/C14H24BNO4/c1-10(17)12(18)16-8-6-7-11(9-16)15-19-13(2,3)14(4,5)20-15/h9-10,17H,6-8H2,1-5H3/t10-/m1/s1. The van der Waals surface area contributed by atoms with Gasteiger partial charge < -0.3 is 19.3 Å². The summed E-state index contributed by atoms with van der Waals surface area (Å²) >= 11 is 0. The Morgan fingerprint density at radius 1 is 1.35 bits per heavy atom. The maximum atomic E-state index is 11.9. The summed E-state index contributed by atoms with van der Waals surface area (Å²) in [7, 11) is -0.412. The first kappa shape index (κ1) is 15.5. The summed E-state index contributed by atoms with van der Waals surface area (Å²) in [5.41, 5.74) is 0.202. The molecule has 2 rings (SSSR count). The lowest BCUT2D eigenvalue weighted by atomic mass is 9.75. The molecular formula is C14H24BNO4. The highest BCUT2D eigenvalue weighted by Crippen LogP contribution is 2.39. The summed E-state index contributed by atoms with van der Waals surface area (Å²) in [6.45, 7) is 10.2. The first-order chi connectivity index (χ1) is 9.14. The van der Waals surface area contributed by atoms with Crippen molar-refractivity contribution in [3.05, 3.63) is 11.7 Å². The molecule has 2 aliphatic heterocycles. The van der Waals surface area contributed by atoms with Crippen LogP contribution in [0.5, 0.6) is 0 Å². The average molecular weight is 281 g/mol. The number of allylic oxidation sites excluding steroid dienone is 1. The molecule has 0 spiro atoms. The summed E-state index contributed by atoms with van der Waals surface area (Å²) < 4.78 is 12.0. The molecule has 0 aromatic carbocycles. The van der Waals surface area contributed by atoms with E-state index >= 15 is 0 Å². The molecule has 1 amide bonds. The van der Waals surface area contributed by atoms with Crippen molar-refractivity contribution in [2.45, 2.75) is 64.8 Å². The van der Waals surface area contributed by atoms with Crippen LogP contribution >= 0.6 is 0 Å². The van der Waals surface area contributed by atoms with Gasteiger partial charge in [-0.1, -0.05) is 0 Å². The summed E-state index contributed by atoms with van der Waals surface area (Å²) in [5, 5.41) is 9.41. The third-order valence-corrected chi connectivity index (χ3v) is 4.38. The van der Waals surface area contributed by atoms with Crippen LogP contribution in [0.2, 0.25) is 0 Å². The fourth-order valence-corrected chi connectivity index (χ4v) is 2.37. The van der Waals surface area contributed by atoms with Gasteiger partial charge in [-0.2, -0.15) is 0 Å². The Bertz CT molecular complexity index is 415. The second-order valence-corrected chi connectivity index (χ2v) is 6.60. The van der Waals surface area contributed by atoms with Crippen molar-refractivity contribution in [3.8, 4) is 0 Å². The van der Waals surface area contributed by atoms with Crippen molar-refractivity contribution in [1.82, 2.24) is 4.90 Å². The molecule has 0 bridgehead atoms. The maximum Gasteiger partial charge on any atom is 0.492 e. The van der Waals surface area contributed by atoms with Gasteiger partial charge in [-0.25, -0.2) is 0 Å². The van der Waals surface area contributed by atoms with Crippen LogP contribution in [0.25, 0.3) is 0 Å². The SMILES string of the molecule is C[C@@H](O)C(=O)N1C=C(B2OC(C)(C)C(C)(C)O2)CCC1. The fraction of sp³-hybridized carbons (Fsp3) is 0.786. The molecule has 20 heavy (non-hydrogen) atoms. The van der Waals surface area contributed by atoms with Gasteiger partial charge in [0.05, 0.1) is 11.2 Å². The third kappa shape index (κ3) is 2.78. The molecule has 1 saturated heterocycles. The van der Waals surface area contributed by atoms with Gasteiger partial charge in [0.25, 0.3) is 5.91 Å². The molecule has 0 unspecified atom stereocenters.